The van der Waals surface area contributed by atoms with Crippen molar-refractivity contribution in [2.24, 2.45) is 5.73 Å². The van der Waals surface area contributed by atoms with Gasteiger partial charge in [0.1, 0.15) is 0 Å². The summed E-state index contributed by atoms with van der Waals surface area (Å²) in [6.45, 7) is 4.41. The van der Waals surface area contributed by atoms with Crippen LogP contribution in [0.4, 0.5) is 5.69 Å². The standard InChI is InChI=1S/C16H26N4O/c1-18(2)16(21)12-15(13-17)20-10-8-19(9-11-20)14-6-4-3-5-7-14/h3-7,15H,8-13,17H2,1-2H3. The van der Waals surface area contributed by atoms with E-state index in [1.807, 2.05) is 6.07 Å². The van der Waals surface area contributed by atoms with Crippen molar-refractivity contribution in [1.82, 2.24) is 9.80 Å². The second kappa shape index (κ2) is 7.43. The minimum absolute atomic E-state index is 0.149. The minimum atomic E-state index is 0.149. The zero-order valence-electron chi connectivity index (χ0n) is 13.0. The lowest BCUT2D eigenvalue weighted by molar-refractivity contribution is -0.130. The molecule has 2 rings (SSSR count). The lowest BCUT2D eigenvalue weighted by Gasteiger charge is -2.40. The number of carbonyl (C=O) groups is 1. The lowest BCUT2D eigenvalue weighted by atomic mass is 10.1. The minimum Gasteiger partial charge on any atom is -0.369 e. The Labute approximate surface area is 127 Å². The third-order valence-corrected chi connectivity index (χ3v) is 4.13. The van der Waals surface area contributed by atoms with Gasteiger partial charge in [0, 0.05) is 65.0 Å². The number of para-hydroxylation sites is 1. The number of anilines is 1. The Morgan fingerprint density at radius 3 is 2.33 bits per heavy atom. The van der Waals surface area contributed by atoms with Crippen LogP contribution in [0.15, 0.2) is 30.3 Å². The molecule has 1 amide bonds. The van der Waals surface area contributed by atoms with Crippen LogP contribution >= 0.6 is 0 Å². The van der Waals surface area contributed by atoms with Crippen LogP contribution in [0.5, 0.6) is 0 Å². The number of hydrogen-bond donors (Lipinski definition) is 1. The summed E-state index contributed by atoms with van der Waals surface area (Å²) < 4.78 is 0. The number of amides is 1. The number of rotatable bonds is 5. The Morgan fingerprint density at radius 1 is 1.19 bits per heavy atom. The molecule has 1 atom stereocenters. The second-order valence-electron chi connectivity index (χ2n) is 5.74. The molecule has 0 radical (unpaired) electrons. The molecule has 0 bridgehead atoms. The zero-order valence-corrected chi connectivity index (χ0v) is 13.0. The number of nitrogens with zero attached hydrogens (tertiary/aromatic N) is 3. The van der Waals surface area contributed by atoms with E-state index in [1.165, 1.54) is 5.69 Å². The maximum absolute atomic E-state index is 11.9. The molecular formula is C16H26N4O. The van der Waals surface area contributed by atoms with Gasteiger partial charge < -0.3 is 15.5 Å². The summed E-state index contributed by atoms with van der Waals surface area (Å²) in [6.07, 6.45) is 0.509. The third-order valence-electron chi connectivity index (χ3n) is 4.13. The predicted octanol–water partition coefficient (Wildman–Crippen LogP) is 0.614. The van der Waals surface area contributed by atoms with Gasteiger partial charge in [0.2, 0.25) is 5.91 Å². The predicted molar refractivity (Wildman–Crippen MR) is 86.4 cm³/mol. The monoisotopic (exact) mass is 290 g/mol. The fraction of sp³-hybridized carbons (Fsp3) is 0.562. The van der Waals surface area contributed by atoms with Crippen molar-refractivity contribution in [2.75, 3.05) is 51.7 Å². The molecule has 2 N–H and O–H groups in total. The van der Waals surface area contributed by atoms with Crippen molar-refractivity contribution >= 4 is 11.6 Å². The highest BCUT2D eigenvalue weighted by molar-refractivity contribution is 5.76. The first kappa shape index (κ1) is 15.8. The maximum Gasteiger partial charge on any atom is 0.223 e. The van der Waals surface area contributed by atoms with Gasteiger partial charge in [0.15, 0.2) is 0 Å². The van der Waals surface area contributed by atoms with Crippen LogP contribution < -0.4 is 10.6 Å². The van der Waals surface area contributed by atoms with E-state index >= 15 is 0 Å². The Bertz CT molecular complexity index is 441. The molecule has 0 aromatic heterocycles. The molecule has 1 aromatic carbocycles. The van der Waals surface area contributed by atoms with E-state index in [0.717, 1.165) is 26.2 Å². The van der Waals surface area contributed by atoms with Gasteiger partial charge in [-0.15, -0.1) is 0 Å². The number of carbonyl (C=O) groups excluding carboxylic acids is 1. The summed E-state index contributed by atoms with van der Waals surface area (Å²) in [5.74, 6) is 0.149. The molecule has 116 valence electrons. The third kappa shape index (κ3) is 4.19. The topological polar surface area (TPSA) is 52.8 Å². The van der Waals surface area contributed by atoms with Gasteiger partial charge in [-0.25, -0.2) is 0 Å². The van der Waals surface area contributed by atoms with Crippen molar-refractivity contribution in [3.05, 3.63) is 30.3 Å². The van der Waals surface area contributed by atoms with Gasteiger partial charge in [0.05, 0.1) is 0 Å². The molecule has 0 spiro atoms. The molecule has 21 heavy (non-hydrogen) atoms. The van der Waals surface area contributed by atoms with E-state index in [0.29, 0.717) is 13.0 Å². The first-order valence-corrected chi connectivity index (χ1v) is 7.56. The van der Waals surface area contributed by atoms with E-state index in [4.69, 9.17) is 5.73 Å². The molecule has 1 aromatic rings. The first-order valence-electron chi connectivity index (χ1n) is 7.56. The highest BCUT2D eigenvalue weighted by Gasteiger charge is 2.25. The number of benzene rings is 1. The Kier molecular flexibility index (Phi) is 5.59. The SMILES string of the molecule is CN(C)C(=O)CC(CN)N1CCN(c2ccccc2)CC1. The molecule has 0 aliphatic carbocycles. The van der Waals surface area contributed by atoms with Crippen LogP contribution in [0.2, 0.25) is 0 Å². The van der Waals surface area contributed by atoms with Gasteiger partial charge in [-0.05, 0) is 12.1 Å². The average molecular weight is 290 g/mol. The van der Waals surface area contributed by atoms with E-state index in [9.17, 15) is 4.79 Å². The van der Waals surface area contributed by atoms with E-state index < -0.39 is 0 Å². The molecule has 1 unspecified atom stereocenters. The summed E-state index contributed by atoms with van der Waals surface area (Å²) in [5.41, 5.74) is 7.14. The van der Waals surface area contributed by atoms with Crippen LogP contribution in [-0.2, 0) is 4.79 Å². The smallest absolute Gasteiger partial charge is 0.223 e. The fourth-order valence-electron chi connectivity index (χ4n) is 2.73. The summed E-state index contributed by atoms with van der Waals surface area (Å²) >= 11 is 0. The molecule has 1 aliphatic heterocycles. The van der Waals surface area contributed by atoms with E-state index in [-0.39, 0.29) is 11.9 Å². The van der Waals surface area contributed by atoms with Crippen molar-refractivity contribution < 1.29 is 4.79 Å². The first-order chi connectivity index (χ1) is 10.1. The molecule has 5 heteroatoms. The highest BCUT2D eigenvalue weighted by Crippen LogP contribution is 2.17. The van der Waals surface area contributed by atoms with Crippen LogP contribution in [-0.4, -0.2) is 68.6 Å². The van der Waals surface area contributed by atoms with E-state index in [1.54, 1.807) is 19.0 Å². The van der Waals surface area contributed by atoms with Crippen molar-refractivity contribution in [3.63, 3.8) is 0 Å². The zero-order chi connectivity index (χ0) is 15.2. The quantitative estimate of drug-likeness (QED) is 0.863. The summed E-state index contributed by atoms with van der Waals surface area (Å²) in [6, 6.07) is 10.6. The second-order valence-corrected chi connectivity index (χ2v) is 5.74. The molecule has 1 aliphatic rings. The molecule has 1 fully saturated rings. The van der Waals surface area contributed by atoms with Gasteiger partial charge in [-0.3, -0.25) is 9.69 Å². The Balaban J connectivity index is 1.88. The normalized spacial score (nSPS) is 17.6. The molecule has 1 saturated heterocycles. The van der Waals surface area contributed by atoms with E-state index in [2.05, 4.69) is 34.1 Å². The van der Waals surface area contributed by atoms with Crippen molar-refractivity contribution in [3.8, 4) is 0 Å². The molecule has 5 nitrogen and oxygen atoms in total. The van der Waals surface area contributed by atoms with Crippen LogP contribution in [0.3, 0.4) is 0 Å². The molecular weight excluding hydrogens is 264 g/mol. The average Bonchev–Trinajstić information content (AvgIpc) is 2.53. The van der Waals surface area contributed by atoms with Gasteiger partial charge in [-0.1, -0.05) is 18.2 Å². The highest BCUT2D eigenvalue weighted by atomic mass is 16.2. The van der Waals surface area contributed by atoms with Gasteiger partial charge >= 0.3 is 0 Å². The lowest BCUT2D eigenvalue weighted by Crippen LogP contribution is -2.53. The molecule has 0 saturated carbocycles. The number of hydrogen-bond acceptors (Lipinski definition) is 4. The number of piperazine rings is 1. The number of nitrogens with two attached hydrogens (primary N) is 1. The van der Waals surface area contributed by atoms with Gasteiger partial charge in [0.25, 0.3) is 0 Å². The summed E-state index contributed by atoms with van der Waals surface area (Å²) in [7, 11) is 3.59. The maximum atomic E-state index is 11.9. The van der Waals surface area contributed by atoms with Crippen LogP contribution in [0.25, 0.3) is 0 Å². The van der Waals surface area contributed by atoms with Crippen LogP contribution in [0, 0.1) is 0 Å². The Hall–Kier alpha value is -1.59. The van der Waals surface area contributed by atoms with Gasteiger partial charge in [-0.2, -0.15) is 0 Å². The Morgan fingerprint density at radius 2 is 1.81 bits per heavy atom. The van der Waals surface area contributed by atoms with Crippen molar-refractivity contribution in [2.45, 2.75) is 12.5 Å². The van der Waals surface area contributed by atoms with Crippen LogP contribution in [0.1, 0.15) is 6.42 Å². The molecule has 1 heterocycles. The van der Waals surface area contributed by atoms with Crippen molar-refractivity contribution in [1.29, 1.82) is 0 Å². The largest absolute Gasteiger partial charge is 0.369 e. The fourth-order valence-corrected chi connectivity index (χ4v) is 2.73. The summed E-state index contributed by atoms with van der Waals surface area (Å²) in [5, 5.41) is 0. The summed E-state index contributed by atoms with van der Waals surface area (Å²) in [4.78, 5) is 18.3.